The van der Waals surface area contributed by atoms with Crippen molar-refractivity contribution in [2.45, 2.75) is 31.2 Å². The van der Waals surface area contributed by atoms with E-state index in [4.69, 9.17) is 9.47 Å². The lowest BCUT2D eigenvalue weighted by molar-refractivity contribution is 0.216. The fourth-order valence-electron chi connectivity index (χ4n) is 3.22. The van der Waals surface area contributed by atoms with E-state index in [1.165, 1.54) is 18.4 Å². The first-order valence-electron chi connectivity index (χ1n) is 8.87. The van der Waals surface area contributed by atoms with Crippen LogP contribution in [0.3, 0.4) is 0 Å². The van der Waals surface area contributed by atoms with Gasteiger partial charge >= 0.3 is 0 Å². The van der Waals surface area contributed by atoms with Crippen molar-refractivity contribution >= 4 is 0 Å². The minimum atomic E-state index is 0.512. The first kappa shape index (κ1) is 15.5. The molecule has 0 amide bonds. The molecule has 4 rings (SSSR count). The fourth-order valence-corrected chi connectivity index (χ4v) is 3.22. The van der Waals surface area contributed by atoms with Gasteiger partial charge in [0.15, 0.2) is 0 Å². The number of aromatic nitrogens is 1. The molecule has 3 atom stereocenters. The van der Waals surface area contributed by atoms with Gasteiger partial charge in [0.25, 0.3) is 0 Å². The average Bonchev–Trinajstić information content (AvgIpc) is 3.34. The maximum Gasteiger partial charge on any atom is 0.137 e. The Hall–Kier alpha value is -2.07. The molecule has 2 aliphatic rings. The fraction of sp³-hybridized carbons (Fsp3) is 0.450. The van der Waals surface area contributed by atoms with Crippen LogP contribution >= 0.6 is 0 Å². The molecule has 24 heavy (non-hydrogen) atoms. The van der Waals surface area contributed by atoms with Crippen LogP contribution in [0.4, 0.5) is 0 Å². The van der Waals surface area contributed by atoms with E-state index in [2.05, 4.69) is 16.4 Å². The molecule has 1 saturated heterocycles. The van der Waals surface area contributed by atoms with Crippen molar-refractivity contribution in [3.05, 3.63) is 54.4 Å². The Balaban J connectivity index is 1.23. The molecule has 1 aliphatic heterocycles. The van der Waals surface area contributed by atoms with Crippen molar-refractivity contribution in [2.24, 2.45) is 5.92 Å². The van der Waals surface area contributed by atoms with E-state index in [9.17, 15) is 0 Å². The molecule has 1 aliphatic carbocycles. The third-order valence-electron chi connectivity index (χ3n) is 4.96. The average molecular weight is 324 g/mol. The molecule has 4 nitrogen and oxygen atoms in total. The highest BCUT2D eigenvalue weighted by molar-refractivity contribution is 5.30. The molecule has 2 heterocycles. The number of nitrogens with zero attached hydrogens (tertiary/aromatic N) is 1. The van der Waals surface area contributed by atoms with Crippen molar-refractivity contribution in [2.75, 3.05) is 19.8 Å². The Kier molecular flexibility index (Phi) is 4.65. The van der Waals surface area contributed by atoms with Crippen molar-refractivity contribution in [3.63, 3.8) is 0 Å². The van der Waals surface area contributed by atoms with Crippen LogP contribution in [0.25, 0.3) is 0 Å². The second kappa shape index (κ2) is 7.22. The van der Waals surface area contributed by atoms with Crippen molar-refractivity contribution in [1.29, 1.82) is 0 Å². The van der Waals surface area contributed by atoms with Gasteiger partial charge in [0.05, 0.1) is 12.8 Å². The lowest BCUT2D eigenvalue weighted by Gasteiger charge is -2.27. The first-order chi connectivity index (χ1) is 11.9. The molecule has 126 valence electrons. The molecule has 2 fully saturated rings. The summed E-state index contributed by atoms with van der Waals surface area (Å²) in [5, 5.41) is 3.35. The van der Waals surface area contributed by atoms with Crippen LogP contribution in [0.1, 0.15) is 30.7 Å². The van der Waals surface area contributed by atoms with Crippen LogP contribution in [0.5, 0.6) is 11.5 Å². The van der Waals surface area contributed by atoms with Crippen LogP contribution in [-0.2, 0) is 0 Å². The minimum absolute atomic E-state index is 0.512. The monoisotopic (exact) mass is 324 g/mol. The largest absolute Gasteiger partial charge is 0.494 e. The molecule has 1 aromatic carbocycles. The Bertz CT molecular complexity index is 658. The minimum Gasteiger partial charge on any atom is -0.494 e. The molecular formula is C20H24N2O2. The van der Waals surface area contributed by atoms with Crippen LogP contribution in [0.2, 0.25) is 0 Å². The van der Waals surface area contributed by atoms with Gasteiger partial charge in [0.1, 0.15) is 18.1 Å². The van der Waals surface area contributed by atoms with Crippen molar-refractivity contribution < 1.29 is 9.47 Å². The first-order valence-corrected chi connectivity index (χ1v) is 8.87. The summed E-state index contributed by atoms with van der Waals surface area (Å²) in [6.07, 6.45) is 7.33. The van der Waals surface area contributed by atoms with Crippen molar-refractivity contribution in [1.82, 2.24) is 10.3 Å². The second-order valence-corrected chi connectivity index (χ2v) is 6.76. The number of hydrogen-bond acceptors (Lipinski definition) is 4. The summed E-state index contributed by atoms with van der Waals surface area (Å²) in [6, 6.07) is 12.7. The second-order valence-electron chi connectivity index (χ2n) is 6.76. The summed E-state index contributed by atoms with van der Waals surface area (Å²) in [6.45, 7) is 2.63. The summed E-state index contributed by atoms with van der Waals surface area (Å²) >= 11 is 0. The highest BCUT2D eigenvalue weighted by Gasteiger charge is 2.38. The molecule has 2 aromatic rings. The molecule has 0 bridgehead atoms. The predicted octanol–water partition coefficient (Wildman–Crippen LogP) is 3.39. The number of pyridine rings is 1. The maximum absolute atomic E-state index is 5.85. The van der Waals surface area contributed by atoms with Crippen LogP contribution in [-0.4, -0.2) is 30.8 Å². The Morgan fingerprint density at radius 1 is 1.08 bits per heavy atom. The third-order valence-corrected chi connectivity index (χ3v) is 4.96. The number of ether oxygens (including phenoxy) is 2. The molecule has 4 heteroatoms. The van der Waals surface area contributed by atoms with Crippen LogP contribution < -0.4 is 14.8 Å². The Labute approximate surface area is 143 Å². The van der Waals surface area contributed by atoms with Gasteiger partial charge in [0, 0.05) is 12.2 Å². The number of benzene rings is 1. The standard InChI is InChI=1S/C20H24N2O2/c1-2-4-18(5-3-1)23-9-7-15-11-20(15)16-10-19(13-21-12-16)24-14-17-6-8-22-17/h1-5,10,12-13,15,17,20,22H,6-9,11,14H2. The number of para-hydroxylation sites is 1. The zero-order valence-corrected chi connectivity index (χ0v) is 13.9. The molecule has 1 saturated carbocycles. The zero-order valence-electron chi connectivity index (χ0n) is 13.9. The summed E-state index contributed by atoms with van der Waals surface area (Å²) in [5.74, 6) is 3.17. The summed E-state index contributed by atoms with van der Waals surface area (Å²) in [7, 11) is 0. The smallest absolute Gasteiger partial charge is 0.137 e. The highest BCUT2D eigenvalue weighted by Crippen LogP contribution is 2.49. The molecular weight excluding hydrogens is 300 g/mol. The summed E-state index contributed by atoms with van der Waals surface area (Å²) in [5.41, 5.74) is 1.30. The van der Waals surface area contributed by atoms with E-state index in [-0.39, 0.29) is 0 Å². The van der Waals surface area contributed by atoms with Gasteiger partial charge in [-0.1, -0.05) is 18.2 Å². The van der Waals surface area contributed by atoms with Gasteiger partial charge in [0.2, 0.25) is 0 Å². The molecule has 0 spiro atoms. The molecule has 1 N–H and O–H groups in total. The molecule has 3 unspecified atom stereocenters. The van der Waals surface area contributed by atoms with Crippen LogP contribution in [0, 0.1) is 5.92 Å². The summed E-state index contributed by atoms with van der Waals surface area (Å²) in [4.78, 5) is 4.35. The van der Waals surface area contributed by atoms with Crippen LogP contribution in [0.15, 0.2) is 48.8 Å². The topological polar surface area (TPSA) is 43.4 Å². The lowest BCUT2D eigenvalue weighted by atomic mass is 10.1. The number of nitrogens with one attached hydrogen (secondary N) is 1. The third kappa shape index (κ3) is 3.88. The van der Waals surface area contributed by atoms with Crippen molar-refractivity contribution in [3.8, 4) is 11.5 Å². The SMILES string of the molecule is c1ccc(OCCC2CC2c2cncc(OCC3CCN3)c2)cc1. The quantitative estimate of drug-likeness (QED) is 0.808. The van der Waals surface area contributed by atoms with E-state index >= 15 is 0 Å². The molecule has 1 aromatic heterocycles. The van der Waals surface area contributed by atoms with E-state index in [1.807, 2.05) is 42.7 Å². The predicted molar refractivity (Wildman–Crippen MR) is 93.5 cm³/mol. The highest BCUT2D eigenvalue weighted by atomic mass is 16.5. The van der Waals surface area contributed by atoms with Gasteiger partial charge in [-0.2, -0.15) is 0 Å². The van der Waals surface area contributed by atoms with Gasteiger partial charge in [-0.3, -0.25) is 4.98 Å². The molecule has 0 radical (unpaired) electrons. The zero-order chi connectivity index (χ0) is 16.2. The Morgan fingerprint density at radius 3 is 2.75 bits per heavy atom. The summed E-state index contributed by atoms with van der Waals surface area (Å²) < 4.78 is 11.7. The normalized spacial score (nSPS) is 24.9. The van der Waals surface area contributed by atoms with E-state index in [0.29, 0.717) is 17.9 Å². The van der Waals surface area contributed by atoms with Gasteiger partial charge in [-0.05, 0) is 61.4 Å². The lowest BCUT2D eigenvalue weighted by Crippen LogP contribution is -2.46. The Morgan fingerprint density at radius 2 is 1.96 bits per heavy atom. The number of hydrogen-bond donors (Lipinski definition) is 1. The number of rotatable bonds is 8. The van der Waals surface area contributed by atoms with Gasteiger partial charge in [-0.15, -0.1) is 0 Å². The van der Waals surface area contributed by atoms with Gasteiger partial charge < -0.3 is 14.8 Å². The van der Waals surface area contributed by atoms with E-state index in [1.54, 1.807) is 0 Å². The maximum atomic E-state index is 5.85. The van der Waals surface area contributed by atoms with E-state index < -0.39 is 0 Å². The van der Waals surface area contributed by atoms with Gasteiger partial charge in [-0.25, -0.2) is 0 Å². The van der Waals surface area contributed by atoms with E-state index in [0.717, 1.165) is 37.7 Å².